The molecule has 1 aromatic carbocycles. The molecule has 1 aromatic heterocycles. The average Bonchev–Trinajstić information content (AvgIpc) is 2.33. The van der Waals surface area contributed by atoms with Crippen LogP contribution in [0.2, 0.25) is 5.15 Å². The van der Waals surface area contributed by atoms with Gasteiger partial charge in [-0.15, -0.1) is 0 Å². The lowest BCUT2D eigenvalue weighted by Crippen LogP contribution is -2.14. The molecule has 1 N–H and O–H groups in total. The molecule has 0 radical (unpaired) electrons. The molecule has 0 saturated heterocycles. The molecule has 0 unspecified atom stereocenters. The molecule has 20 heavy (non-hydrogen) atoms. The van der Waals surface area contributed by atoms with Crippen molar-refractivity contribution in [2.75, 3.05) is 4.72 Å². The van der Waals surface area contributed by atoms with Gasteiger partial charge in [0.2, 0.25) is 0 Å². The summed E-state index contributed by atoms with van der Waals surface area (Å²) in [5, 5.41) is 0.280. The van der Waals surface area contributed by atoms with Crippen LogP contribution in [0, 0.1) is 12.7 Å². The molecule has 0 aliphatic carbocycles. The molecule has 0 atom stereocenters. The second kappa shape index (κ2) is 5.67. The quantitative estimate of drug-likeness (QED) is 0.826. The summed E-state index contributed by atoms with van der Waals surface area (Å²) >= 11 is 8.83. The van der Waals surface area contributed by atoms with Crippen LogP contribution in [0.3, 0.4) is 0 Å². The van der Waals surface area contributed by atoms with E-state index in [1.165, 1.54) is 24.4 Å². The van der Waals surface area contributed by atoms with Crippen LogP contribution in [0.15, 0.2) is 39.8 Å². The minimum Gasteiger partial charge on any atom is -0.278 e. The van der Waals surface area contributed by atoms with E-state index in [1.807, 2.05) is 0 Å². The molecule has 0 amide bonds. The van der Waals surface area contributed by atoms with Gasteiger partial charge in [-0.3, -0.25) is 4.72 Å². The van der Waals surface area contributed by atoms with E-state index in [9.17, 15) is 12.8 Å². The summed E-state index contributed by atoms with van der Waals surface area (Å²) in [7, 11) is -4.02. The summed E-state index contributed by atoms with van der Waals surface area (Å²) in [6.45, 7) is 1.69. The van der Waals surface area contributed by atoms with Gasteiger partial charge in [0.05, 0.1) is 11.9 Å². The number of nitrogens with one attached hydrogen (secondary N) is 1. The van der Waals surface area contributed by atoms with Crippen LogP contribution in [0.25, 0.3) is 0 Å². The average molecular weight is 380 g/mol. The van der Waals surface area contributed by atoms with Gasteiger partial charge in [0, 0.05) is 4.47 Å². The van der Waals surface area contributed by atoms with Crippen LogP contribution in [-0.4, -0.2) is 13.4 Å². The first kappa shape index (κ1) is 15.2. The number of pyridine rings is 1. The first-order valence-electron chi connectivity index (χ1n) is 5.39. The summed E-state index contributed by atoms with van der Waals surface area (Å²) in [6, 6.07) is 5.23. The van der Waals surface area contributed by atoms with E-state index in [1.54, 1.807) is 6.92 Å². The Morgan fingerprint density at radius 1 is 1.35 bits per heavy atom. The maximum atomic E-state index is 13.7. The molecule has 0 fully saturated rings. The minimum absolute atomic E-state index is 0.217. The normalized spacial score (nSPS) is 11.4. The molecule has 0 aliphatic rings. The van der Waals surface area contributed by atoms with Crippen LogP contribution in [0.1, 0.15) is 5.56 Å². The highest BCUT2D eigenvalue weighted by atomic mass is 79.9. The van der Waals surface area contributed by atoms with Crippen molar-refractivity contribution in [3.8, 4) is 0 Å². The van der Waals surface area contributed by atoms with E-state index < -0.39 is 20.7 Å². The van der Waals surface area contributed by atoms with Crippen molar-refractivity contribution in [1.82, 2.24) is 4.98 Å². The van der Waals surface area contributed by atoms with Crippen LogP contribution in [-0.2, 0) is 10.0 Å². The Balaban J connectivity index is 2.38. The van der Waals surface area contributed by atoms with Gasteiger partial charge < -0.3 is 0 Å². The largest absolute Gasteiger partial charge is 0.278 e. The summed E-state index contributed by atoms with van der Waals surface area (Å²) in [4.78, 5) is 3.39. The Labute approximate surface area is 129 Å². The summed E-state index contributed by atoms with van der Waals surface area (Å²) in [5.41, 5.74) is 0.831. The van der Waals surface area contributed by atoms with Crippen LogP contribution in [0.5, 0.6) is 0 Å². The molecular formula is C12H9BrClFN2O2S. The second-order valence-electron chi connectivity index (χ2n) is 4.01. The molecule has 8 heteroatoms. The highest BCUT2D eigenvalue weighted by Crippen LogP contribution is 2.23. The zero-order chi connectivity index (χ0) is 14.9. The lowest BCUT2D eigenvalue weighted by Gasteiger charge is -2.09. The first-order valence-corrected chi connectivity index (χ1v) is 8.05. The number of rotatable bonds is 3. The number of nitrogens with zero attached hydrogens (tertiary/aromatic N) is 1. The van der Waals surface area contributed by atoms with Crippen molar-refractivity contribution in [2.45, 2.75) is 11.8 Å². The van der Waals surface area contributed by atoms with Gasteiger partial charge in [-0.05, 0) is 36.8 Å². The van der Waals surface area contributed by atoms with E-state index >= 15 is 0 Å². The van der Waals surface area contributed by atoms with Gasteiger partial charge in [-0.2, -0.15) is 0 Å². The molecule has 106 valence electrons. The van der Waals surface area contributed by atoms with Crippen LogP contribution >= 0.6 is 27.5 Å². The Bertz CT molecular complexity index is 768. The van der Waals surface area contributed by atoms with Crippen molar-refractivity contribution >= 4 is 43.2 Å². The number of aryl methyl sites for hydroxylation is 1. The van der Waals surface area contributed by atoms with Gasteiger partial charge >= 0.3 is 0 Å². The molecule has 2 aromatic rings. The fourth-order valence-corrected chi connectivity index (χ4v) is 3.05. The minimum atomic E-state index is -4.02. The molecule has 0 spiro atoms. The SMILES string of the molecule is Cc1cc(NS(=O)(=O)c2ccc(Br)cc2F)cnc1Cl. The Hall–Kier alpha value is -1.18. The Kier molecular flexibility index (Phi) is 4.31. The molecule has 0 bridgehead atoms. The predicted octanol–water partition coefficient (Wildman–Crippen LogP) is 3.75. The molecule has 4 nitrogen and oxygen atoms in total. The maximum Gasteiger partial charge on any atom is 0.264 e. The standard InChI is InChI=1S/C12H9BrClFN2O2S/c1-7-4-9(6-16-12(7)14)17-20(18,19)11-3-2-8(13)5-10(11)15/h2-6,17H,1H3. The smallest absolute Gasteiger partial charge is 0.264 e. The zero-order valence-corrected chi connectivity index (χ0v) is 13.4. The zero-order valence-electron chi connectivity index (χ0n) is 10.2. The van der Waals surface area contributed by atoms with Gasteiger partial charge in [-0.25, -0.2) is 17.8 Å². The highest BCUT2D eigenvalue weighted by molar-refractivity contribution is 9.10. The predicted molar refractivity (Wildman–Crippen MR) is 78.9 cm³/mol. The lowest BCUT2D eigenvalue weighted by atomic mass is 10.3. The molecule has 2 rings (SSSR count). The third-order valence-corrected chi connectivity index (χ3v) is 4.75. The maximum absolute atomic E-state index is 13.7. The number of halogens is 3. The topological polar surface area (TPSA) is 59.1 Å². The van der Waals surface area contributed by atoms with Crippen molar-refractivity contribution in [3.05, 3.63) is 51.5 Å². The fourth-order valence-electron chi connectivity index (χ4n) is 1.52. The van der Waals surface area contributed by atoms with Crippen molar-refractivity contribution in [1.29, 1.82) is 0 Å². The number of aromatic nitrogens is 1. The van der Waals surface area contributed by atoms with Gasteiger partial charge in [0.25, 0.3) is 10.0 Å². The summed E-state index contributed by atoms with van der Waals surface area (Å²) in [5.74, 6) is -0.842. The van der Waals surface area contributed by atoms with E-state index in [0.717, 1.165) is 6.07 Å². The van der Waals surface area contributed by atoms with E-state index in [0.29, 0.717) is 10.0 Å². The molecule has 0 saturated carbocycles. The lowest BCUT2D eigenvalue weighted by molar-refractivity contribution is 0.570. The summed E-state index contributed by atoms with van der Waals surface area (Å²) in [6.07, 6.45) is 1.27. The highest BCUT2D eigenvalue weighted by Gasteiger charge is 2.19. The number of hydrogen-bond acceptors (Lipinski definition) is 3. The third kappa shape index (κ3) is 3.28. The Morgan fingerprint density at radius 2 is 2.05 bits per heavy atom. The van der Waals surface area contributed by atoms with Crippen LogP contribution < -0.4 is 4.72 Å². The number of benzene rings is 1. The monoisotopic (exact) mass is 378 g/mol. The van der Waals surface area contributed by atoms with E-state index in [-0.39, 0.29) is 10.8 Å². The van der Waals surface area contributed by atoms with Gasteiger partial charge in [0.15, 0.2) is 0 Å². The van der Waals surface area contributed by atoms with E-state index in [2.05, 4.69) is 25.6 Å². The third-order valence-electron chi connectivity index (χ3n) is 2.45. The molecule has 0 aliphatic heterocycles. The Morgan fingerprint density at radius 3 is 2.65 bits per heavy atom. The van der Waals surface area contributed by atoms with Gasteiger partial charge in [0.1, 0.15) is 15.9 Å². The van der Waals surface area contributed by atoms with Crippen molar-refractivity contribution in [3.63, 3.8) is 0 Å². The van der Waals surface area contributed by atoms with Gasteiger partial charge in [-0.1, -0.05) is 27.5 Å². The first-order chi connectivity index (χ1) is 9.29. The van der Waals surface area contributed by atoms with Crippen molar-refractivity contribution in [2.24, 2.45) is 0 Å². The van der Waals surface area contributed by atoms with Crippen molar-refractivity contribution < 1.29 is 12.8 Å². The molecule has 1 heterocycles. The van der Waals surface area contributed by atoms with Crippen LogP contribution in [0.4, 0.5) is 10.1 Å². The fraction of sp³-hybridized carbons (Fsp3) is 0.0833. The number of anilines is 1. The molecular weight excluding hydrogens is 371 g/mol. The summed E-state index contributed by atoms with van der Waals surface area (Å²) < 4.78 is 40.6. The number of hydrogen-bond donors (Lipinski definition) is 1. The second-order valence-corrected chi connectivity index (χ2v) is 6.94. The van der Waals surface area contributed by atoms with E-state index in [4.69, 9.17) is 11.6 Å². The number of sulfonamides is 1.